The predicted molar refractivity (Wildman–Crippen MR) is 51.8 cm³/mol. The molecule has 0 radical (unpaired) electrons. The van der Waals surface area contributed by atoms with Crippen LogP contribution in [-0.2, 0) is 4.79 Å². The Morgan fingerprint density at radius 1 is 1.20 bits per heavy atom. The molecule has 1 aliphatic rings. The highest BCUT2D eigenvalue weighted by molar-refractivity contribution is 9.10. The number of Topliss-reactive ketones (excluding diaryl/α,β-unsaturated/α-hetero) is 1. The number of nitrogens with one attached hydrogen (secondary N) is 1. The maximum Gasteiger partial charge on any atom is 0.296 e. The summed E-state index contributed by atoms with van der Waals surface area (Å²) < 4.78 is 26.5. The number of halogens is 3. The molecule has 1 heterocycles. The molecule has 0 saturated carbocycles. The van der Waals surface area contributed by atoms with E-state index in [1.807, 2.05) is 0 Å². The molecule has 0 fully saturated rings. The minimum absolute atomic E-state index is 0.0378. The first kappa shape index (κ1) is 10.2. The van der Waals surface area contributed by atoms with E-state index < -0.39 is 28.9 Å². The van der Waals surface area contributed by atoms with Gasteiger partial charge >= 0.3 is 0 Å². The first-order valence-corrected chi connectivity index (χ1v) is 4.77. The lowest BCUT2D eigenvalue weighted by molar-refractivity contribution is -0.112. The first-order chi connectivity index (χ1) is 6.95. The lowest BCUT2D eigenvalue weighted by atomic mass is 10.1. The van der Waals surface area contributed by atoms with Gasteiger partial charge in [-0.25, -0.2) is 8.78 Å². The fourth-order valence-corrected chi connectivity index (χ4v) is 1.80. The van der Waals surface area contributed by atoms with Gasteiger partial charge < -0.3 is 5.32 Å². The average molecular weight is 276 g/mol. The van der Waals surface area contributed by atoms with E-state index >= 15 is 0 Å². The Balaban J connectivity index is 2.86. The molecule has 0 saturated heterocycles. The largest absolute Gasteiger partial charge is 0.318 e. The van der Waals surface area contributed by atoms with Crippen LogP contribution in [0.3, 0.4) is 0 Å². The summed E-state index contributed by atoms with van der Waals surface area (Å²) in [6.07, 6.45) is 0. The highest BCUT2D eigenvalue weighted by Gasteiger charge is 2.35. The van der Waals surface area contributed by atoms with Gasteiger partial charge in [0.2, 0.25) is 0 Å². The fourth-order valence-electron chi connectivity index (χ4n) is 1.43. The molecule has 1 aliphatic heterocycles. The maximum atomic E-state index is 13.3. The predicted octanol–water partition coefficient (Wildman–Crippen LogP) is 2.17. The summed E-state index contributed by atoms with van der Waals surface area (Å²) in [5, 5.41) is 2.20. The molecule has 0 aliphatic carbocycles. The van der Waals surface area contributed by atoms with Crippen LogP contribution in [0, 0.1) is 18.6 Å². The fraction of sp³-hybridized carbons (Fsp3) is 0.111. The summed E-state index contributed by atoms with van der Waals surface area (Å²) >= 11 is 2.85. The lowest BCUT2D eigenvalue weighted by Crippen LogP contribution is -2.13. The van der Waals surface area contributed by atoms with Gasteiger partial charge in [0.05, 0.1) is 15.7 Å². The molecule has 15 heavy (non-hydrogen) atoms. The van der Waals surface area contributed by atoms with Gasteiger partial charge in [-0.05, 0) is 28.4 Å². The third-order valence-corrected chi connectivity index (χ3v) is 3.17. The van der Waals surface area contributed by atoms with Crippen LogP contribution in [0.15, 0.2) is 4.47 Å². The van der Waals surface area contributed by atoms with E-state index in [9.17, 15) is 18.4 Å². The molecular weight excluding hydrogens is 272 g/mol. The zero-order chi connectivity index (χ0) is 11.3. The van der Waals surface area contributed by atoms with Crippen molar-refractivity contribution in [3.8, 4) is 0 Å². The normalized spacial score (nSPS) is 14.1. The molecule has 0 bridgehead atoms. The zero-order valence-electron chi connectivity index (χ0n) is 7.45. The van der Waals surface area contributed by atoms with Crippen molar-refractivity contribution in [2.24, 2.45) is 0 Å². The van der Waals surface area contributed by atoms with E-state index in [-0.39, 0.29) is 10.2 Å². The van der Waals surface area contributed by atoms with Crippen LogP contribution in [-0.4, -0.2) is 11.7 Å². The van der Waals surface area contributed by atoms with Crippen LogP contribution in [0.2, 0.25) is 0 Å². The second-order valence-corrected chi connectivity index (χ2v) is 3.89. The van der Waals surface area contributed by atoms with Gasteiger partial charge in [0.25, 0.3) is 11.7 Å². The number of fused-ring (bicyclic) bond motifs is 1. The summed E-state index contributed by atoms with van der Waals surface area (Å²) in [7, 11) is 0. The number of anilines is 1. The summed E-state index contributed by atoms with van der Waals surface area (Å²) in [5.41, 5.74) is -0.183. The van der Waals surface area contributed by atoms with Crippen molar-refractivity contribution >= 4 is 33.3 Å². The Labute approximate surface area is 91.6 Å². The Kier molecular flexibility index (Phi) is 2.11. The number of hydrogen-bond donors (Lipinski definition) is 1. The average Bonchev–Trinajstić information content (AvgIpc) is 2.50. The molecule has 1 N–H and O–H groups in total. The Bertz CT molecular complexity index is 514. The number of amides is 1. The highest BCUT2D eigenvalue weighted by Crippen LogP contribution is 2.36. The number of carbonyl (C=O) groups is 2. The Morgan fingerprint density at radius 2 is 1.80 bits per heavy atom. The van der Waals surface area contributed by atoms with Gasteiger partial charge in [0, 0.05) is 0 Å². The van der Waals surface area contributed by atoms with Gasteiger partial charge in [0.15, 0.2) is 11.6 Å². The van der Waals surface area contributed by atoms with Gasteiger partial charge in [-0.2, -0.15) is 0 Å². The molecular formula is C9H4BrF2NO2. The number of carbonyl (C=O) groups excluding carboxylic acids is 2. The first-order valence-electron chi connectivity index (χ1n) is 3.98. The molecule has 0 atom stereocenters. The summed E-state index contributed by atoms with van der Waals surface area (Å²) in [6, 6.07) is 0. The second-order valence-electron chi connectivity index (χ2n) is 3.10. The summed E-state index contributed by atoms with van der Waals surface area (Å²) in [5.74, 6) is -4.44. The van der Waals surface area contributed by atoms with Crippen LogP contribution in [0.25, 0.3) is 0 Å². The minimum atomic E-state index is -1.30. The third kappa shape index (κ3) is 1.21. The lowest BCUT2D eigenvalue weighted by Gasteiger charge is -2.07. The second kappa shape index (κ2) is 3.10. The molecule has 1 aromatic rings. The number of benzene rings is 1. The van der Waals surface area contributed by atoms with Crippen molar-refractivity contribution in [1.29, 1.82) is 0 Å². The molecule has 1 aromatic carbocycles. The van der Waals surface area contributed by atoms with Crippen LogP contribution in [0.5, 0.6) is 0 Å². The number of hydrogen-bond acceptors (Lipinski definition) is 2. The monoisotopic (exact) mass is 275 g/mol. The van der Waals surface area contributed by atoms with Crippen molar-refractivity contribution in [2.45, 2.75) is 6.92 Å². The van der Waals surface area contributed by atoms with Gasteiger partial charge in [-0.3, -0.25) is 9.59 Å². The highest BCUT2D eigenvalue weighted by atomic mass is 79.9. The van der Waals surface area contributed by atoms with Crippen LogP contribution >= 0.6 is 15.9 Å². The van der Waals surface area contributed by atoms with Gasteiger partial charge in [-0.15, -0.1) is 0 Å². The molecule has 6 heteroatoms. The zero-order valence-corrected chi connectivity index (χ0v) is 9.04. The molecule has 0 aromatic heterocycles. The van der Waals surface area contributed by atoms with Crippen LogP contribution in [0.4, 0.5) is 14.5 Å². The SMILES string of the molecule is Cc1c(Br)c(F)c(F)c2c1NC(=O)C2=O. The summed E-state index contributed by atoms with van der Waals surface area (Å²) in [4.78, 5) is 22.2. The van der Waals surface area contributed by atoms with Crippen molar-refractivity contribution in [3.63, 3.8) is 0 Å². The molecule has 78 valence electrons. The van der Waals surface area contributed by atoms with E-state index in [2.05, 4.69) is 21.2 Å². The number of rotatable bonds is 0. The van der Waals surface area contributed by atoms with Crippen molar-refractivity contribution < 1.29 is 18.4 Å². The smallest absolute Gasteiger partial charge is 0.296 e. The molecule has 0 spiro atoms. The third-order valence-electron chi connectivity index (χ3n) is 2.23. The quantitative estimate of drug-likeness (QED) is 0.583. The van der Waals surface area contributed by atoms with Crippen molar-refractivity contribution in [1.82, 2.24) is 0 Å². The summed E-state index contributed by atoms with van der Waals surface area (Å²) in [6.45, 7) is 1.48. The standard InChI is InChI=1S/C9H4BrF2NO2/c1-2-4(10)6(12)5(11)3-7(2)13-9(15)8(3)14/h1H3,(H,13,14,15). The van der Waals surface area contributed by atoms with Crippen molar-refractivity contribution in [2.75, 3.05) is 5.32 Å². The molecule has 1 amide bonds. The molecule has 2 rings (SSSR count). The molecule has 0 unspecified atom stereocenters. The minimum Gasteiger partial charge on any atom is -0.318 e. The van der Waals surface area contributed by atoms with E-state index in [0.29, 0.717) is 5.56 Å². The van der Waals surface area contributed by atoms with E-state index in [4.69, 9.17) is 0 Å². The van der Waals surface area contributed by atoms with Crippen LogP contribution in [0.1, 0.15) is 15.9 Å². The number of ketones is 1. The van der Waals surface area contributed by atoms with Gasteiger partial charge in [-0.1, -0.05) is 0 Å². The Morgan fingerprint density at radius 3 is 2.40 bits per heavy atom. The molecule has 3 nitrogen and oxygen atoms in total. The van der Waals surface area contributed by atoms with Crippen molar-refractivity contribution in [3.05, 3.63) is 27.2 Å². The Hall–Kier alpha value is -1.30. The van der Waals surface area contributed by atoms with E-state index in [1.165, 1.54) is 6.92 Å². The van der Waals surface area contributed by atoms with Crippen LogP contribution < -0.4 is 5.32 Å². The topological polar surface area (TPSA) is 46.2 Å². The van der Waals surface area contributed by atoms with E-state index in [0.717, 1.165) is 0 Å². The maximum absolute atomic E-state index is 13.3. The van der Waals surface area contributed by atoms with E-state index in [1.54, 1.807) is 0 Å². The van der Waals surface area contributed by atoms with Gasteiger partial charge in [0.1, 0.15) is 0 Å².